The van der Waals surface area contributed by atoms with Gasteiger partial charge in [0, 0.05) is 0 Å². The van der Waals surface area contributed by atoms with Crippen LogP contribution in [0, 0.1) is 18.3 Å². The Morgan fingerprint density at radius 3 is 2.62 bits per heavy atom. The molecule has 3 nitrogen and oxygen atoms in total. The topological polar surface area (TPSA) is 62.7 Å². The normalized spacial score (nSPS) is 10.1. The summed E-state index contributed by atoms with van der Waals surface area (Å²) in [6.07, 6.45) is -1.60. The summed E-state index contributed by atoms with van der Waals surface area (Å²) in [5, 5.41) is 8.59. The molecule has 0 saturated heterocycles. The van der Waals surface area contributed by atoms with Crippen molar-refractivity contribution in [2.45, 2.75) is 13.3 Å². The molecule has 0 unspecified atom stereocenters. The molecule has 0 radical (unpaired) electrons. The second-order valence-electron chi connectivity index (χ2n) is 2.50. The molecule has 1 aromatic heterocycles. The number of alkyl halides is 2. The molecule has 5 heteroatoms. The first-order valence-electron chi connectivity index (χ1n) is 3.51. The molecule has 0 spiro atoms. The van der Waals surface area contributed by atoms with Crippen LogP contribution in [-0.4, -0.2) is 4.98 Å². The number of aromatic nitrogens is 1. The van der Waals surface area contributed by atoms with Crippen molar-refractivity contribution in [3.8, 4) is 6.07 Å². The molecule has 0 aliphatic heterocycles. The number of nitrogens with zero attached hydrogens (tertiary/aromatic N) is 2. The molecule has 1 heterocycles. The van der Waals surface area contributed by atoms with Crippen LogP contribution in [0.3, 0.4) is 0 Å². The number of hydrogen-bond acceptors (Lipinski definition) is 3. The predicted octanol–water partition coefficient (Wildman–Crippen LogP) is 1.78. The highest BCUT2D eigenvalue weighted by molar-refractivity contribution is 5.55. The second kappa shape index (κ2) is 3.35. The first kappa shape index (κ1) is 9.39. The van der Waals surface area contributed by atoms with E-state index in [9.17, 15) is 8.78 Å². The van der Waals surface area contributed by atoms with E-state index in [1.807, 2.05) is 0 Å². The molecule has 13 heavy (non-hydrogen) atoms. The summed E-state index contributed by atoms with van der Waals surface area (Å²) >= 11 is 0. The summed E-state index contributed by atoms with van der Waals surface area (Å²) in [7, 11) is 0. The Labute approximate surface area is 73.8 Å². The highest BCUT2D eigenvalue weighted by atomic mass is 19.3. The lowest BCUT2D eigenvalue weighted by Crippen LogP contribution is -2.02. The van der Waals surface area contributed by atoms with E-state index in [2.05, 4.69) is 4.98 Å². The van der Waals surface area contributed by atoms with Gasteiger partial charge in [0.05, 0.1) is 28.7 Å². The van der Waals surface area contributed by atoms with Crippen LogP contribution in [0.15, 0.2) is 6.20 Å². The quantitative estimate of drug-likeness (QED) is 0.721. The average Bonchev–Trinajstić information content (AvgIpc) is 2.07. The van der Waals surface area contributed by atoms with Crippen LogP contribution in [0.4, 0.5) is 14.5 Å². The molecule has 0 aliphatic carbocycles. The van der Waals surface area contributed by atoms with Crippen molar-refractivity contribution in [3.63, 3.8) is 0 Å². The van der Waals surface area contributed by atoms with Gasteiger partial charge < -0.3 is 5.73 Å². The van der Waals surface area contributed by atoms with Crippen molar-refractivity contribution >= 4 is 5.69 Å². The first-order chi connectivity index (χ1) is 6.07. The fourth-order valence-electron chi connectivity index (χ4n) is 1.02. The number of nitrogen functional groups attached to an aromatic ring is 1. The van der Waals surface area contributed by atoms with E-state index in [0.717, 1.165) is 6.20 Å². The summed E-state index contributed by atoms with van der Waals surface area (Å²) in [6.45, 7) is 1.49. The number of rotatable bonds is 1. The summed E-state index contributed by atoms with van der Waals surface area (Å²) < 4.78 is 24.8. The third-order valence-corrected chi connectivity index (χ3v) is 1.67. The van der Waals surface area contributed by atoms with Gasteiger partial charge in [-0.05, 0) is 6.92 Å². The largest absolute Gasteiger partial charge is 0.397 e. The van der Waals surface area contributed by atoms with Gasteiger partial charge in [0.1, 0.15) is 6.07 Å². The van der Waals surface area contributed by atoms with E-state index in [0.29, 0.717) is 0 Å². The maximum Gasteiger partial charge on any atom is 0.267 e. The number of halogens is 2. The molecular weight excluding hydrogens is 176 g/mol. The number of anilines is 1. The second-order valence-corrected chi connectivity index (χ2v) is 2.50. The minimum atomic E-state index is -2.74. The van der Waals surface area contributed by atoms with Crippen LogP contribution in [0.5, 0.6) is 0 Å². The minimum absolute atomic E-state index is 0.130. The fourth-order valence-corrected chi connectivity index (χ4v) is 1.02. The van der Waals surface area contributed by atoms with Crippen molar-refractivity contribution in [2.75, 3.05) is 5.73 Å². The Bertz CT molecular complexity index is 368. The lowest BCUT2D eigenvalue weighted by Gasteiger charge is -2.07. The van der Waals surface area contributed by atoms with Crippen molar-refractivity contribution in [2.24, 2.45) is 0 Å². The average molecular weight is 183 g/mol. The number of nitrogens with two attached hydrogens (primary N) is 1. The Morgan fingerprint density at radius 1 is 1.62 bits per heavy atom. The van der Waals surface area contributed by atoms with Crippen LogP contribution in [0.2, 0.25) is 0 Å². The van der Waals surface area contributed by atoms with Gasteiger partial charge in [0.2, 0.25) is 0 Å². The zero-order valence-electron chi connectivity index (χ0n) is 6.88. The highest BCUT2D eigenvalue weighted by Gasteiger charge is 2.18. The van der Waals surface area contributed by atoms with Gasteiger partial charge in [0.15, 0.2) is 0 Å². The van der Waals surface area contributed by atoms with Crippen molar-refractivity contribution in [1.29, 1.82) is 5.26 Å². The Morgan fingerprint density at radius 2 is 2.23 bits per heavy atom. The SMILES string of the molecule is Cc1ncc(N)c(C(F)F)c1C#N. The van der Waals surface area contributed by atoms with Crippen molar-refractivity contribution in [3.05, 3.63) is 23.0 Å². The minimum Gasteiger partial charge on any atom is -0.397 e. The molecule has 0 aromatic carbocycles. The molecule has 1 rings (SSSR count). The lowest BCUT2D eigenvalue weighted by molar-refractivity contribution is 0.151. The van der Waals surface area contributed by atoms with Gasteiger partial charge >= 0.3 is 0 Å². The third kappa shape index (κ3) is 1.56. The number of nitriles is 1. The van der Waals surface area contributed by atoms with Crippen molar-refractivity contribution in [1.82, 2.24) is 4.98 Å². The van der Waals surface area contributed by atoms with E-state index in [1.165, 1.54) is 6.92 Å². The Kier molecular flexibility index (Phi) is 2.42. The zero-order chi connectivity index (χ0) is 10.0. The van der Waals surface area contributed by atoms with E-state index >= 15 is 0 Å². The van der Waals surface area contributed by atoms with Crippen LogP contribution in [0.25, 0.3) is 0 Å². The van der Waals surface area contributed by atoms with Gasteiger partial charge in [0.25, 0.3) is 6.43 Å². The molecule has 68 valence electrons. The summed E-state index contributed by atoms with van der Waals surface area (Å²) in [5.41, 5.74) is 4.85. The molecule has 0 atom stereocenters. The van der Waals surface area contributed by atoms with E-state index in [-0.39, 0.29) is 16.9 Å². The monoisotopic (exact) mass is 183 g/mol. The molecule has 0 fully saturated rings. The van der Waals surface area contributed by atoms with E-state index in [1.54, 1.807) is 6.07 Å². The standard InChI is InChI=1S/C8H7F2N3/c1-4-5(2-11)7(8(9)10)6(12)3-13-4/h3,8H,12H2,1H3. The highest BCUT2D eigenvalue weighted by Crippen LogP contribution is 2.28. The predicted molar refractivity (Wildman–Crippen MR) is 43.1 cm³/mol. The van der Waals surface area contributed by atoms with Crippen LogP contribution >= 0.6 is 0 Å². The molecule has 0 bridgehead atoms. The number of aryl methyl sites for hydroxylation is 1. The zero-order valence-corrected chi connectivity index (χ0v) is 6.88. The number of pyridine rings is 1. The summed E-state index contributed by atoms with van der Waals surface area (Å²) in [4.78, 5) is 3.71. The third-order valence-electron chi connectivity index (χ3n) is 1.67. The van der Waals surface area contributed by atoms with Gasteiger partial charge in [-0.3, -0.25) is 4.98 Å². The first-order valence-corrected chi connectivity index (χ1v) is 3.51. The molecule has 2 N–H and O–H groups in total. The Balaban J connectivity index is 3.46. The maximum atomic E-state index is 12.4. The van der Waals surface area contributed by atoms with Crippen LogP contribution < -0.4 is 5.73 Å². The summed E-state index contributed by atoms with van der Waals surface area (Å²) in [6, 6.07) is 1.66. The van der Waals surface area contributed by atoms with Crippen LogP contribution in [0.1, 0.15) is 23.2 Å². The molecule has 0 amide bonds. The lowest BCUT2D eigenvalue weighted by atomic mass is 10.1. The number of hydrogen-bond donors (Lipinski definition) is 1. The molecular formula is C8H7F2N3. The molecule has 0 saturated carbocycles. The molecule has 0 aliphatic rings. The van der Waals surface area contributed by atoms with Gasteiger partial charge in [-0.15, -0.1) is 0 Å². The van der Waals surface area contributed by atoms with Gasteiger partial charge in [-0.2, -0.15) is 5.26 Å². The van der Waals surface area contributed by atoms with Crippen LogP contribution in [-0.2, 0) is 0 Å². The van der Waals surface area contributed by atoms with Gasteiger partial charge in [-0.25, -0.2) is 8.78 Å². The smallest absolute Gasteiger partial charge is 0.267 e. The maximum absolute atomic E-state index is 12.4. The van der Waals surface area contributed by atoms with E-state index in [4.69, 9.17) is 11.0 Å². The van der Waals surface area contributed by atoms with Crippen molar-refractivity contribution < 1.29 is 8.78 Å². The molecule has 1 aromatic rings. The van der Waals surface area contributed by atoms with E-state index < -0.39 is 12.0 Å². The Hall–Kier alpha value is -1.70. The summed E-state index contributed by atoms with van der Waals surface area (Å²) in [5.74, 6) is 0. The van der Waals surface area contributed by atoms with Gasteiger partial charge in [-0.1, -0.05) is 0 Å². The fraction of sp³-hybridized carbons (Fsp3) is 0.250.